The van der Waals surface area contributed by atoms with E-state index in [1.165, 1.54) is 44.9 Å². The summed E-state index contributed by atoms with van der Waals surface area (Å²) in [6, 6.07) is -0.983. The van der Waals surface area contributed by atoms with Gasteiger partial charge < -0.3 is 30.0 Å². The molecule has 0 radical (unpaired) electrons. The van der Waals surface area contributed by atoms with Gasteiger partial charge in [0.05, 0.1) is 52.1 Å². The molecule has 0 fully saturated rings. The molecule has 0 aromatic heterocycles. The van der Waals surface area contributed by atoms with Crippen molar-refractivity contribution in [3.63, 3.8) is 0 Å². The van der Waals surface area contributed by atoms with Crippen molar-refractivity contribution in [1.82, 2.24) is 5.32 Å². The van der Waals surface area contributed by atoms with Gasteiger partial charge in [-0.3, -0.25) is 13.8 Å². The normalized spacial score (nSPS) is 16.4. The van der Waals surface area contributed by atoms with E-state index in [4.69, 9.17) is 9.05 Å². The summed E-state index contributed by atoms with van der Waals surface area (Å²) in [6.45, 7) is 4.40. The number of nitrogens with zero attached hydrogens (tertiary/aromatic N) is 1. The first-order valence-electron chi connectivity index (χ1n) is 19.8. The number of quaternary nitrogens is 1. The molecule has 11 heteroatoms. The topological polar surface area (TPSA) is 146 Å². The van der Waals surface area contributed by atoms with Crippen molar-refractivity contribution in [2.45, 2.75) is 154 Å². The zero-order valence-electron chi connectivity index (χ0n) is 33.2. The van der Waals surface area contributed by atoms with Crippen molar-refractivity contribution in [3.8, 4) is 0 Å². The summed E-state index contributed by atoms with van der Waals surface area (Å²) in [4.78, 5) is 23.0. The molecule has 1 unspecified atom stereocenters. The molecule has 5 N–H and O–H groups in total. The first-order valence-corrected chi connectivity index (χ1v) is 21.3. The lowest BCUT2D eigenvalue weighted by Crippen LogP contribution is -2.45. The maximum absolute atomic E-state index is 12.8. The fraction of sp³-hybridized carbons (Fsp3) is 0.732. The number of allylic oxidation sites excluding steroid dienone is 8. The van der Waals surface area contributed by atoms with E-state index in [1.54, 1.807) is 6.08 Å². The number of aliphatic hydroxyl groups excluding tert-OH is 3. The van der Waals surface area contributed by atoms with E-state index in [9.17, 15) is 29.6 Å². The number of hydrogen-bond donors (Lipinski definition) is 5. The van der Waals surface area contributed by atoms with E-state index in [0.717, 1.165) is 44.9 Å². The van der Waals surface area contributed by atoms with Crippen LogP contribution >= 0.6 is 7.82 Å². The van der Waals surface area contributed by atoms with Crippen molar-refractivity contribution in [1.29, 1.82) is 0 Å². The van der Waals surface area contributed by atoms with Gasteiger partial charge in [0.25, 0.3) is 0 Å². The Bertz CT molecular complexity index is 1070. The van der Waals surface area contributed by atoms with Gasteiger partial charge in [-0.25, -0.2) is 4.57 Å². The van der Waals surface area contributed by atoms with E-state index in [2.05, 4.69) is 55.6 Å². The lowest BCUT2D eigenvalue weighted by atomic mass is 10.0. The fourth-order valence-corrected chi connectivity index (χ4v) is 5.86. The van der Waals surface area contributed by atoms with Crippen molar-refractivity contribution < 1.29 is 43.1 Å². The summed E-state index contributed by atoms with van der Waals surface area (Å²) >= 11 is 0. The number of amides is 1. The van der Waals surface area contributed by atoms with E-state index in [-0.39, 0.29) is 19.4 Å². The summed E-state index contributed by atoms with van der Waals surface area (Å²) in [5.41, 5.74) is 0. The van der Waals surface area contributed by atoms with Crippen LogP contribution in [0, 0.1) is 0 Å². The van der Waals surface area contributed by atoms with Gasteiger partial charge in [0, 0.05) is 6.42 Å². The lowest BCUT2D eigenvalue weighted by Gasteiger charge is -2.25. The first kappa shape index (κ1) is 50.1. The quantitative estimate of drug-likeness (QED) is 0.0191. The first-order chi connectivity index (χ1) is 24.8. The van der Waals surface area contributed by atoms with Gasteiger partial charge in [-0.05, 0) is 57.8 Å². The van der Waals surface area contributed by atoms with Crippen LogP contribution in [0.4, 0.5) is 0 Å². The molecule has 0 bridgehead atoms. The van der Waals surface area contributed by atoms with Crippen molar-refractivity contribution in [2.75, 3.05) is 40.9 Å². The molecule has 302 valence electrons. The number of phosphoric acid groups is 1. The molecule has 0 aliphatic rings. The van der Waals surface area contributed by atoms with Gasteiger partial charge in [0.2, 0.25) is 5.91 Å². The third-order valence-electron chi connectivity index (χ3n) is 8.44. The van der Waals surface area contributed by atoms with E-state index >= 15 is 0 Å². The molecular weight excluding hydrogens is 679 g/mol. The highest BCUT2D eigenvalue weighted by Gasteiger charge is 2.28. The summed E-state index contributed by atoms with van der Waals surface area (Å²) in [5, 5.41) is 34.4. The largest absolute Gasteiger partial charge is 0.472 e. The van der Waals surface area contributed by atoms with Gasteiger partial charge in [-0.2, -0.15) is 0 Å². The number of rotatable bonds is 34. The molecule has 0 aliphatic heterocycles. The molecule has 10 nitrogen and oxygen atoms in total. The third kappa shape index (κ3) is 32.7. The molecule has 52 heavy (non-hydrogen) atoms. The molecular formula is C41H76N2O8P+. The van der Waals surface area contributed by atoms with Crippen LogP contribution in [0.2, 0.25) is 0 Å². The number of unbranched alkanes of at least 4 members (excludes halogenated alkanes) is 9. The van der Waals surface area contributed by atoms with Crippen LogP contribution in [0.15, 0.2) is 60.8 Å². The minimum absolute atomic E-state index is 0.00591. The van der Waals surface area contributed by atoms with Gasteiger partial charge in [-0.1, -0.05) is 126 Å². The van der Waals surface area contributed by atoms with Gasteiger partial charge in [0.15, 0.2) is 0 Å². The molecule has 0 saturated heterocycles. The van der Waals surface area contributed by atoms with E-state index in [1.807, 2.05) is 39.4 Å². The molecule has 0 rings (SSSR count). The molecule has 0 aromatic carbocycles. The average Bonchev–Trinajstić information content (AvgIpc) is 3.08. The van der Waals surface area contributed by atoms with Crippen LogP contribution in [0.25, 0.3) is 0 Å². The van der Waals surface area contributed by atoms with E-state index < -0.39 is 44.7 Å². The lowest BCUT2D eigenvalue weighted by molar-refractivity contribution is -0.870. The molecule has 0 aliphatic carbocycles. The standard InChI is InChI=1S/C41H75N2O8P/c1-6-8-10-12-14-16-18-20-22-24-26-28-31-39(45)40(46)32-29-33-41(47)42-37(36-51-52(48,49)50-35-34-43(3,4)5)38(44)30-27-25-23-21-19-17-15-13-11-9-7-2/h8,10,14,16,20,22,26-28,30,37-40,44-46H,6-7,9,11-13,15,17-19,21,23-25,29,31-36H2,1-5H3,(H-,42,47,48,49)/p+1/b10-8-,16-14-,22-20-,28-26-,30-27+/t37-,38+,39+,40+/m0/s1. The molecule has 0 heterocycles. The van der Waals surface area contributed by atoms with Crippen LogP contribution < -0.4 is 5.32 Å². The van der Waals surface area contributed by atoms with Crippen LogP contribution in [-0.4, -0.2) is 95.9 Å². The Morgan fingerprint density at radius 2 is 1.29 bits per heavy atom. The van der Waals surface area contributed by atoms with Crippen molar-refractivity contribution in [3.05, 3.63) is 60.8 Å². The minimum atomic E-state index is -4.41. The Balaban J connectivity index is 4.79. The fourth-order valence-electron chi connectivity index (χ4n) is 5.13. The van der Waals surface area contributed by atoms with Crippen molar-refractivity contribution in [2.24, 2.45) is 0 Å². The second kappa shape index (κ2) is 32.5. The second-order valence-corrected chi connectivity index (χ2v) is 16.0. The van der Waals surface area contributed by atoms with Crippen molar-refractivity contribution >= 4 is 13.7 Å². The van der Waals surface area contributed by atoms with Crippen LogP contribution in [0.3, 0.4) is 0 Å². The number of aliphatic hydroxyl groups is 3. The van der Waals surface area contributed by atoms with Gasteiger partial charge >= 0.3 is 7.82 Å². The maximum Gasteiger partial charge on any atom is 0.472 e. The summed E-state index contributed by atoms with van der Waals surface area (Å²) in [5.74, 6) is -0.403. The number of carbonyl (C=O) groups excluding carboxylic acids is 1. The van der Waals surface area contributed by atoms with Gasteiger partial charge in [0.1, 0.15) is 13.2 Å². The van der Waals surface area contributed by atoms with E-state index in [0.29, 0.717) is 23.9 Å². The Labute approximate surface area is 317 Å². The van der Waals surface area contributed by atoms with Crippen LogP contribution in [0.1, 0.15) is 129 Å². The SMILES string of the molecule is CC/C=C\C/C=C\C/C=C\C/C=C\C[C@@H](O)[C@H](O)CCCC(=O)N[C@@H](COP(=O)(O)OCC[N+](C)(C)C)[C@H](O)/C=C/CCCCCCCCCCC. The predicted molar refractivity (Wildman–Crippen MR) is 215 cm³/mol. The highest BCUT2D eigenvalue weighted by molar-refractivity contribution is 7.47. The second-order valence-electron chi connectivity index (χ2n) is 14.6. The Morgan fingerprint density at radius 1 is 0.731 bits per heavy atom. The Kier molecular flexibility index (Phi) is 31.4. The highest BCUT2D eigenvalue weighted by Crippen LogP contribution is 2.43. The third-order valence-corrected chi connectivity index (χ3v) is 9.43. The zero-order valence-corrected chi connectivity index (χ0v) is 34.1. The Hall–Kier alpha value is -1.88. The van der Waals surface area contributed by atoms with Crippen LogP contribution in [0.5, 0.6) is 0 Å². The molecule has 5 atom stereocenters. The maximum atomic E-state index is 12.8. The number of carbonyl (C=O) groups is 1. The minimum Gasteiger partial charge on any atom is -0.390 e. The summed E-state index contributed by atoms with van der Waals surface area (Å²) < 4.78 is 23.3. The predicted octanol–water partition coefficient (Wildman–Crippen LogP) is 8.24. The number of nitrogens with one attached hydrogen (secondary N) is 1. The number of likely N-dealkylation sites (N-methyl/N-ethyl adjacent to an activating group) is 1. The van der Waals surface area contributed by atoms with Gasteiger partial charge in [-0.15, -0.1) is 0 Å². The Morgan fingerprint density at radius 3 is 1.87 bits per heavy atom. The van der Waals surface area contributed by atoms with Crippen LogP contribution in [-0.2, 0) is 18.4 Å². The highest BCUT2D eigenvalue weighted by atomic mass is 31.2. The molecule has 0 saturated carbocycles. The molecule has 1 amide bonds. The smallest absolute Gasteiger partial charge is 0.390 e. The monoisotopic (exact) mass is 756 g/mol. The summed E-state index contributed by atoms with van der Waals surface area (Å²) in [7, 11) is 1.38. The molecule has 0 aromatic rings. The average molecular weight is 756 g/mol. The zero-order chi connectivity index (χ0) is 38.9. The molecule has 0 spiro atoms. The summed E-state index contributed by atoms with van der Waals surface area (Å²) in [6.07, 6.45) is 33.1. The number of hydrogen-bond acceptors (Lipinski definition) is 7. The number of phosphoric ester groups is 1.